The van der Waals surface area contributed by atoms with Crippen molar-refractivity contribution in [2.24, 2.45) is 0 Å². The molecule has 0 aromatic heterocycles. The van der Waals surface area contributed by atoms with E-state index >= 15 is 0 Å². The quantitative estimate of drug-likeness (QED) is 0.792. The molecular weight excluding hydrogens is 368 g/mol. The molecule has 2 amide bonds. The summed E-state index contributed by atoms with van der Waals surface area (Å²) < 4.78 is 10.5. The smallest absolute Gasteiger partial charge is 0.283 e. The molecule has 1 aliphatic rings. The van der Waals surface area contributed by atoms with Crippen LogP contribution >= 0.6 is 11.6 Å². The minimum atomic E-state index is -0.614. The summed E-state index contributed by atoms with van der Waals surface area (Å²) in [6.45, 7) is 3.90. The van der Waals surface area contributed by atoms with Crippen molar-refractivity contribution in [3.63, 3.8) is 0 Å². The Kier molecular flexibility index (Phi) is 5.10. The number of ether oxygens (including phenoxy) is 2. The van der Waals surface area contributed by atoms with E-state index in [1.165, 1.54) is 14.2 Å². The second kappa shape index (κ2) is 7.32. The van der Waals surface area contributed by atoms with Crippen molar-refractivity contribution in [3.8, 4) is 11.5 Å². The molecule has 2 aromatic carbocycles. The van der Waals surface area contributed by atoms with Gasteiger partial charge in [-0.2, -0.15) is 0 Å². The van der Waals surface area contributed by atoms with E-state index in [2.05, 4.69) is 5.32 Å². The SMILES string of the molecule is COc1ccc(N2C(=O)C(Cl)=C(Nc3cc(C)cc(C)c3)C2=O)c(OC)c1. The van der Waals surface area contributed by atoms with E-state index in [0.29, 0.717) is 22.9 Å². The highest BCUT2D eigenvalue weighted by molar-refractivity contribution is 6.53. The molecule has 0 bridgehead atoms. The lowest BCUT2D eigenvalue weighted by atomic mass is 10.1. The Morgan fingerprint density at radius 3 is 2.19 bits per heavy atom. The summed E-state index contributed by atoms with van der Waals surface area (Å²) in [4.78, 5) is 26.6. The Hall–Kier alpha value is -2.99. The molecule has 140 valence electrons. The lowest BCUT2D eigenvalue weighted by Crippen LogP contribution is -2.32. The van der Waals surface area contributed by atoms with E-state index in [1.54, 1.807) is 18.2 Å². The van der Waals surface area contributed by atoms with Gasteiger partial charge in [0.2, 0.25) is 0 Å². The van der Waals surface area contributed by atoms with Crippen LogP contribution in [0.15, 0.2) is 47.1 Å². The average molecular weight is 387 g/mol. The number of methoxy groups -OCH3 is 2. The van der Waals surface area contributed by atoms with Crippen molar-refractivity contribution < 1.29 is 19.1 Å². The number of halogens is 1. The van der Waals surface area contributed by atoms with Crippen LogP contribution in [0.4, 0.5) is 11.4 Å². The highest BCUT2D eigenvalue weighted by atomic mass is 35.5. The molecule has 0 radical (unpaired) electrons. The Balaban J connectivity index is 1.97. The van der Waals surface area contributed by atoms with Gasteiger partial charge in [-0.1, -0.05) is 17.7 Å². The zero-order chi connectivity index (χ0) is 19.7. The molecule has 7 heteroatoms. The average Bonchev–Trinajstić information content (AvgIpc) is 2.84. The summed E-state index contributed by atoms with van der Waals surface area (Å²) in [5, 5.41) is 2.81. The molecule has 1 heterocycles. The molecule has 3 rings (SSSR count). The first-order valence-electron chi connectivity index (χ1n) is 8.21. The summed E-state index contributed by atoms with van der Waals surface area (Å²) in [6.07, 6.45) is 0. The molecule has 1 aliphatic heterocycles. The maximum absolute atomic E-state index is 12.9. The maximum atomic E-state index is 12.9. The van der Waals surface area contributed by atoms with Gasteiger partial charge in [0.25, 0.3) is 11.8 Å². The third-order valence-electron chi connectivity index (χ3n) is 4.15. The molecule has 0 saturated carbocycles. The second-order valence-corrected chi connectivity index (χ2v) is 6.55. The number of carbonyl (C=O) groups is 2. The molecule has 0 aliphatic carbocycles. The predicted octanol–water partition coefficient (Wildman–Crippen LogP) is 3.76. The molecular formula is C20H19ClN2O4. The molecule has 0 saturated heterocycles. The Labute approximate surface area is 162 Å². The standard InChI is InChI=1S/C20H19ClN2O4/c1-11-7-12(2)9-13(8-11)22-18-17(21)19(24)23(20(18)25)15-6-5-14(26-3)10-16(15)27-4/h5-10,22H,1-4H3. The summed E-state index contributed by atoms with van der Waals surface area (Å²) >= 11 is 6.19. The van der Waals surface area contributed by atoms with Crippen LogP contribution in [0.3, 0.4) is 0 Å². The number of imide groups is 1. The van der Waals surface area contributed by atoms with E-state index in [9.17, 15) is 9.59 Å². The number of rotatable bonds is 5. The van der Waals surface area contributed by atoms with Crippen LogP contribution < -0.4 is 19.7 Å². The summed E-state index contributed by atoms with van der Waals surface area (Å²) in [6, 6.07) is 10.6. The molecule has 0 atom stereocenters. The Morgan fingerprint density at radius 2 is 1.59 bits per heavy atom. The molecule has 0 spiro atoms. The number of amides is 2. The fourth-order valence-electron chi connectivity index (χ4n) is 2.99. The Morgan fingerprint density at radius 1 is 0.926 bits per heavy atom. The van der Waals surface area contributed by atoms with E-state index in [1.807, 2.05) is 32.0 Å². The number of hydrogen-bond acceptors (Lipinski definition) is 5. The van der Waals surface area contributed by atoms with Crippen LogP contribution in [-0.4, -0.2) is 26.0 Å². The van der Waals surface area contributed by atoms with Crippen LogP contribution in [0.25, 0.3) is 0 Å². The maximum Gasteiger partial charge on any atom is 0.283 e. The minimum Gasteiger partial charge on any atom is -0.497 e. The Bertz CT molecular complexity index is 948. The van der Waals surface area contributed by atoms with E-state index < -0.39 is 11.8 Å². The predicted molar refractivity (Wildman–Crippen MR) is 104 cm³/mol. The van der Waals surface area contributed by atoms with Gasteiger partial charge in [0.05, 0.1) is 19.9 Å². The van der Waals surface area contributed by atoms with Crippen molar-refractivity contribution in [1.29, 1.82) is 0 Å². The number of nitrogens with zero attached hydrogens (tertiary/aromatic N) is 1. The highest BCUT2D eigenvalue weighted by Crippen LogP contribution is 2.37. The molecule has 2 aromatic rings. The fraction of sp³-hybridized carbons (Fsp3) is 0.200. The number of hydrogen-bond donors (Lipinski definition) is 1. The minimum absolute atomic E-state index is 0.0320. The first kappa shape index (κ1) is 18.8. The summed E-state index contributed by atoms with van der Waals surface area (Å²) in [5.41, 5.74) is 3.07. The number of benzene rings is 2. The lowest BCUT2D eigenvalue weighted by Gasteiger charge is -2.18. The van der Waals surface area contributed by atoms with Crippen LogP contribution in [0.5, 0.6) is 11.5 Å². The van der Waals surface area contributed by atoms with Crippen LogP contribution in [0, 0.1) is 13.8 Å². The molecule has 6 nitrogen and oxygen atoms in total. The molecule has 0 unspecified atom stereocenters. The number of aryl methyl sites for hydroxylation is 2. The molecule has 27 heavy (non-hydrogen) atoms. The third-order valence-corrected chi connectivity index (χ3v) is 4.50. The van der Waals surface area contributed by atoms with Gasteiger partial charge in [0.1, 0.15) is 22.2 Å². The van der Waals surface area contributed by atoms with Gasteiger partial charge in [-0.15, -0.1) is 0 Å². The van der Waals surface area contributed by atoms with Crippen LogP contribution in [0.2, 0.25) is 0 Å². The highest BCUT2D eigenvalue weighted by Gasteiger charge is 2.40. The summed E-state index contributed by atoms with van der Waals surface area (Å²) in [7, 11) is 2.97. The topological polar surface area (TPSA) is 67.9 Å². The fourth-order valence-corrected chi connectivity index (χ4v) is 3.20. The zero-order valence-electron chi connectivity index (χ0n) is 15.4. The third kappa shape index (κ3) is 3.48. The van der Waals surface area contributed by atoms with Gasteiger partial charge >= 0.3 is 0 Å². The molecule has 0 fully saturated rings. The van der Waals surface area contributed by atoms with Crippen molar-refractivity contribution in [3.05, 3.63) is 58.3 Å². The first-order chi connectivity index (χ1) is 12.8. The van der Waals surface area contributed by atoms with Gasteiger partial charge in [0.15, 0.2) is 0 Å². The number of anilines is 2. The van der Waals surface area contributed by atoms with Crippen molar-refractivity contribution in [1.82, 2.24) is 0 Å². The number of nitrogens with one attached hydrogen (secondary N) is 1. The number of carbonyl (C=O) groups excluding carboxylic acids is 2. The van der Waals surface area contributed by atoms with Gasteiger partial charge < -0.3 is 14.8 Å². The van der Waals surface area contributed by atoms with Crippen molar-refractivity contribution in [2.75, 3.05) is 24.4 Å². The van der Waals surface area contributed by atoms with E-state index in [4.69, 9.17) is 21.1 Å². The van der Waals surface area contributed by atoms with Gasteiger partial charge in [-0.05, 0) is 49.2 Å². The van der Waals surface area contributed by atoms with Gasteiger partial charge in [-0.3, -0.25) is 9.59 Å². The van der Waals surface area contributed by atoms with Gasteiger partial charge in [-0.25, -0.2) is 4.90 Å². The second-order valence-electron chi connectivity index (χ2n) is 6.17. The van der Waals surface area contributed by atoms with Crippen molar-refractivity contribution >= 4 is 34.8 Å². The zero-order valence-corrected chi connectivity index (χ0v) is 16.2. The normalized spacial score (nSPS) is 14.0. The summed E-state index contributed by atoms with van der Waals surface area (Å²) in [5.74, 6) is -0.292. The van der Waals surface area contributed by atoms with E-state index in [0.717, 1.165) is 16.0 Å². The van der Waals surface area contributed by atoms with Crippen LogP contribution in [-0.2, 0) is 9.59 Å². The van der Waals surface area contributed by atoms with Crippen molar-refractivity contribution in [2.45, 2.75) is 13.8 Å². The van der Waals surface area contributed by atoms with E-state index in [-0.39, 0.29) is 10.7 Å². The largest absolute Gasteiger partial charge is 0.497 e. The monoisotopic (exact) mass is 386 g/mol. The van der Waals surface area contributed by atoms with Crippen LogP contribution in [0.1, 0.15) is 11.1 Å². The first-order valence-corrected chi connectivity index (χ1v) is 8.59. The molecule has 1 N–H and O–H groups in total. The van der Waals surface area contributed by atoms with Gasteiger partial charge in [0, 0.05) is 11.8 Å². The lowest BCUT2D eigenvalue weighted by molar-refractivity contribution is -0.120.